The van der Waals surface area contributed by atoms with Crippen LogP contribution in [0.3, 0.4) is 0 Å². The van der Waals surface area contributed by atoms with Gasteiger partial charge >= 0.3 is 0 Å². The number of hydrogen-bond acceptors (Lipinski definition) is 4. The van der Waals surface area contributed by atoms with Gasteiger partial charge in [0.05, 0.1) is 12.1 Å². The first-order chi connectivity index (χ1) is 7.86. The molecule has 4 heteroatoms. The number of thioether (sulfide) groups is 1. The van der Waals surface area contributed by atoms with Gasteiger partial charge in [-0.2, -0.15) is 17.0 Å². The maximum atomic E-state index is 8.95. The van der Waals surface area contributed by atoms with Gasteiger partial charge < -0.3 is 10.1 Å². The van der Waals surface area contributed by atoms with Gasteiger partial charge in [-0.25, -0.2) is 0 Å². The van der Waals surface area contributed by atoms with E-state index in [0.717, 1.165) is 43.6 Å². The fourth-order valence-electron chi connectivity index (χ4n) is 1.73. The normalized spacial score (nSPS) is 19.2. The van der Waals surface area contributed by atoms with Crippen molar-refractivity contribution in [1.29, 1.82) is 5.26 Å². The Labute approximate surface area is 103 Å². The number of nitrogens with zero attached hydrogens (tertiary/aromatic N) is 1. The summed E-state index contributed by atoms with van der Waals surface area (Å²) in [5.74, 6) is 1.08. The summed E-state index contributed by atoms with van der Waals surface area (Å²) in [6.45, 7) is 4.89. The van der Waals surface area contributed by atoms with E-state index in [9.17, 15) is 0 Å². The Bertz CT molecular complexity index is 212. The molecule has 0 aromatic rings. The SMILES string of the molecule is CCCNC(C#N)CCSC1CCOCC1. The highest BCUT2D eigenvalue weighted by molar-refractivity contribution is 7.99. The summed E-state index contributed by atoms with van der Waals surface area (Å²) in [6, 6.07) is 2.36. The molecule has 16 heavy (non-hydrogen) atoms. The van der Waals surface area contributed by atoms with E-state index in [1.54, 1.807) is 0 Å². The van der Waals surface area contributed by atoms with Gasteiger partial charge in [0, 0.05) is 18.5 Å². The van der Waals surface area contributed by atoms with Crippen LogP contribution in [-0.4, -0.2) is 36.8 Å². The van der Waals surface area contributed by atoms with Gasteiger partial charge in [-0.1, -0.05) is 6.92 Å². The Kier molecular flexibility index (Phi) is 7.65. The molecule has 92 valence electrons. The predicted molar refractivity (Wildman–Crippen MR) is 68.6 cm³/mol. The fraction of sp³-hybridized carbons (Fsp3) is 0.917. The lowest BCUT2D eigenvalue weighted by Gasteiger charge is -2.21. The number of nitriles is 1. The minimum Gasteiger partial charge on any atom is -0.381 e. The number of rotatable bonds is 7. The zero-order chi connectivity index (χ0) is 11.6. The molecular formula is C12H22N2OS. The smallest absolute Gasteiger partial charge is 0.0960 e. The molecule has 1 N–H and O–H groups in total. The van der Waals surface area contributed by atoms with Crippen LogP contribution in [0.25, 0.3) is 0 Å². The van der Waals surface area contributed by atoms with E-state index < -0.39 is 0 Å². The summed E-state index contributed by atoms with van der Waals surface area (Å²) in [5.41, 5.74) is 0. The maximum Gasteiger partial charge on any atom is 0.0960 e. The van der Waals surface area contributed by atoms with E-state index >= 15 is 0 Å². The van der Waals surface area contributed by atoms with E-state index in [-0.39, 0.29) is 6.04 Å². The third-order valence-electron chi connectivity index (χ3n) is 2.72. The predicted octanol–water partition coefficient (Wildman–Crippen LogP) is 2.18. The van der Waals surface area contributed by atoms with Crippen LogP contribution in [0.4, 0.5) is 0 Å². The summed E-state index contributed by atoms with van der Waals surface area (Å²) >= 11 is 2.00. The molecule has 0 amide bonds. The van der Waals surface area contributed by atoms with E-state index in [1.807, 2.05) is 11.8 Å². The second-order valence-corrected chi connectivity index (χ2v) is 5.52. The monoisotopic (exact) mass is 242 g/mol. The number of hydrogen-bond donors (Lipinski definition) is 1. The van der Waals surface area contributed by atoms with Crippen molar-refractivity contribution in [3.05, 3.63) is 0 Å². The molecule has 3 nitrogen and oxygen atoms in total. The fourth-order valence-corrected chi connectivity index (χ4v) is 2.96. The summed E-state index contributed by atoms with van der Waals surface area (Å²) in [5, 5.41) is 13.0. The molecule has 1 atom stereocenters. The minimum absolute atomic E-state index is 0.0345. The van der Waals surface area contributed by atoms with Crippen LogP contribution in [0.1, 0.15) is 32.6 Å². The lowest BCUT2D eigenvalue weighted by Crippen LogP contribution is -2.29. The van der Waals surface area contributed by atoms with Crippen LogP contribution in [0.2, 0.25) is 0 Å². The minimum atomic E-state index is 0.0345. The van der Waals surface area contributed by atoms with Gasteiger partial charge in [-0.3, -0.25) is 0 Å². The zero-order valence-corrected chi connectivity index (χ0v) is 10.9. The highest BCUT2D eigenvalue weighted by atomic mass is 32.2. The lowest BCUT2D eigenvalue weighted by molar-refractivity contribution is 0.100. The van der Waals surface area contributed by atoms with Crippen molar-refractivity contribution < 1.29 is 4.74 Å². The van der Waals surface area contributed by atoms with Crippen LogP contribution in [-0.2, 0) is 4.74 Å². The van der Waals surface area contributed by atoms with E-state index in [0.29, 0.717) is 0 Å². The summed E-state index contributed by atoms with van der Waals surface area (Å²) in [7, 11) is 0. The Morgan fingerprint density at radius 1 is 1.50 bits per heavy atom. The van der Waals surface area contributed by atoms with Crippen LogP contribution >= 0.6 is 11.8 Å². The summed E-state index contributed by atoms with van der Waals surface area (Å²) in [6.07, 6.45) is 4.39. The summed E-state index contributed by atoms with van der Waals surface area (Å²) in [4.78, 5) is 0. The Morgan fingerprint density at radius 2 is 2.25 bits per heavy atom. The second-order valence-electron chi connectivity index (χ2n) is 4.11. The molecule has 0 aliphatic carbocycles. The van der Waals surface area contributed by atoms with Crippen molar-refractivity contribution in [2.24, 2.45) is 0 Å². The Balaban J connectivity index is 2.05. The standard InChI is InChI=1S/C12H22N2OS/c1-2-6-14-11(10-13)5-9-16-12-3-7-15-8-4-12/h11-12,14H,2-9H2,1H3. The van der Waals surface area contributed by atoms with Crippen LogP contribution in [0.5, 0.6) is 0 Å². The maximum absolute atomic E-state index is 8.95. The quantitative estimate of drug-likeness (QED) is 0.743. The average molecular weight is 242 g/mol. The first kappa shape index (κ1) is 13.8. The van der Waals surface area contributed by atoms with E-state index in [1.165, 1.54) is 12.8 Å². The van der Waals surface area contributed by atoms with Gasteiger partial charge in [-0.05, 0) is 38.0 Å². The van der Waals surface area contributed by atoms with Gasteiger partial charge in [0.1, 0.15) is 0 Å². The molecule has 1 rings (SSSR count). The molecule has 0 aromatic carbocycles. The molecule has 0 radical (unpaired) electrons. The molecule has 1 aliphatic heterocycles. The Morgan fingerprint density at radius 3 is 2.88 bits per heavy atom. The second kappa shape index (κ2) is 8.86. The van der Waals surface area contributed by atoms with Gasteiger partial charge in [0.2, 0.25) is 0 Å². The number of ether oxygens (including phenoxy) is 1. The van der Waals surface area contributed by atoms with Crippen LogP contribution in [0, 0.1) is 11.3 Å². The molecule has 1 saturated heterocycles. The third-order valence-corrected chi connectivity index (χ3v) is 4.14. The molecule has 0 aromatic heterocycles. The molecule has 1 fully saturated rings. The van der Waals surface area contributed by atoms with Crippen LogP contribution < -0.4 is 5.32 Å². The largest absolute Gasteiger partial charge is 0.381 e. The molecular weight excluding hydrogens is 220 g/mol. The lowest BCUT2D eigenvalue weighted by atomic mass is 10.2. The van der Waals surface area contributed by atoms with Crippen LogP contribution in [0.15, 0.2) is 0 Å². The van der Waals surface area contributed by atoms with Crippen molar-refractivity contribution in [3.63, 3.8) is 0 Å². The third kappa shape index (κ3) is 5.74. The molecule has 0 saturated carbocycles. The zero-order valence-electron chi connectivity index (χ0n) is 10.1. The van der Waals surface area contributed by atoms with E-state index in [4.69, 9.17) is 10.00 Å². The van der Waals surface area contributed by atoms with E-state index in [2.05, 4.69) is 18.3 Å². The van der Waals surface area contributed by atoms with Crippen molar-refractivity contribution in [2.75, 3.05) is 25.5 Å². The van der Waals surface area contributed by atoms with Crippen molar-refractivity contribution in [2.45, 2.75) is 43.9 Å². The van der Waals surface area contributed by atoms with Crippen molar-refractivity contribution in [3.8, 4) is 6.07 Å². The highest BCUT2D eigenvalue weighted by Gasteiger charge is 2.14. The molecule has 1 unspecified atom stereocenters. The van der Waals surface area contributed by atoms with Crippen molar-refractivity contribution in [1.82, 2.24) is 5.32 Å². The van der Waals surface area contributed by atoms with Gasteiger partial charge in [-0.15, -0.1) is 0 Å². The van der Waals surface area contributed by atoms with Gasteiger partial charge in [0.15, 0.2) is 0 Å². The molecule has 1 aliphatic rings. The first-order valence-corrected chi connectivity index (χ1v) is 7.24. The first-order valence-electron chi connectivity index (χ1n) is 6.19. The summed E-state index contributed by atoms with van der Waals surface area (Å²) < 4.78 is 5.32. The number of nitrogens with one attached hydrogen (secondary N) is 1. The highest BCUT2D eigenvalue weighted by Crippen LogP contribution is 2.22. The Hall–Kier alpha value is -0.240. The van der Waals surface area contributed by atoms with Gasteiger partial charge in [0.25, 0.3) is 0 Å². The average Bonchev–Trinajstić information content (AvgIpc) is 2.35. The molecule has 0 spiro atoms. The molecule has 1 heterocycles. The molecule has 0 bridgehead atoms. The van der Waals surface area contributed by atoms with Crippen molar-refractivity contribution >= 4 is 11.8 Å². The topological polar surface area (TPSA) is 45.0 Å².